The van der Waals surface area contributed by atoms with E-state index in [4.69, 9.17) is 10.5 Å². The van der Waals surface area contributed by atoms with Crippen LogP contribution < -0.4 is 10.5 Å². The van der Waals surface area contributed by atoms with Gasteiger partial charge >= 0.3 is 0 Å². The van der Waals surface area contributed by atoms with Crippen molar-refractivity contribution < 1.29 is 4.74 Å². The number of rotatable bonds is 4. The summed E-state index contributed by atoms with van der Waals surface area (Å²) in [6, 6.07) is 8.20. The molecule has 1 saturated heterocycles. The maximum Gasteiger partial charge on any atom is 0.119 e. The quantitative estimate of drug-likeness (QED) is 0.889. The molecule has 0 amide bonds. The third kappa shape index (κ3) is 3.72. The second-order valence-corrected chi connectivity index (χ2v) is 5.42. The number of hydrogen-bond acceptors (Lipinski definition) is 3. The molecule has 1 aromatic rings. The van der Waals surface area contributed by atoms with E-state index in [1.54, 1.807) is 0 Å². The standard InChI is InChI=1S/C15H24N2O/c1-12(16)14-4-3-5-15(10-14)18-11-13-6-8-17(2)9-7-13/h3-5,10,12-13H,6-9,11,16H2,1-2H3. The minimum atomic E-state index is 0.0666. The molecule has 2 rings (SSSR count). The number of nitrogens with two attached hydrogens (primary N) is 1. The molecule has 1 atom stereocenters. The van der Waals surface area contributed by atoms with Crippen LogP contribution >= 0.6 is 0 Å². The Kier molecular flexibility index (Phi) is 4.61. The van der Waals surface area contributed by atoms with Crippen LogP contribution in [0, 0.1) is 5.92 Å². The van der Waals surface area contributed by atoms with E-state index in [2.05, 4.69) is 18.0 Å². The number of benzene rings is 1. The van der Waals surface area contributed by atoms with Gasteiger partial charge in [-0.15, -0.1) is 0 Å². The van der Waals surface area contributed by atoms with Gasteiger partial charge in [0.1, 0.15) is 5.75 Å². The van der Waals surface area contributed by atoms with Gasteiger partial charge in [0.2, 0.25) is 0 Å². The number of piperidine rings is 1. The SMILES string of the molecule is CC(N)c1cccc(OCC2CCN(C)CC2)c1. The first kappa shape index (κ1) is 13.4. The molecule has 0 radical (unpaired) electrons. The zero-order valence-corrected chi connectivity index (χ0v) is 11.4. The summed E-state index contributed by atoms with van der Waals surface area (Å²) in [4.78, 5) is 2.38. The van der Waals surface area contributed by atoms with Crippen LogP contribution in [0.25, 0.3) is 0 Å². The van der Waals surface area contributed by atoms with Crippen LogP contribution in [0.5, 0.6) is 5.75 Å². The Labute approximate surface area is 110 Å². The van der Waals surface area contributed by atoms with E-state index in [0.29, 0.717) is 5.92 Å². The van der Waals surface area contributed by atoms with E-state index in [-0.39, 0.29) is 6.04 Å². The van der Waals surface area contributed by atoms with Gasteiger partial charge in [-0.25, -0.2) is 0 Å². The summed E-state index contributed by atoms with van der Waals surface area (Å²) in [5, 5.41) is 0. The smallest absolute Gasteiger partial charge is 0.119 e. The molecule has 0 bridgehead atoms. The molecular weight excluding hydrogens is 224 g/mol. The van der Waals surface area contributed by atoms with E-state index >= 15 is 0 Å². The lowest BCUT2D eigenvalue weighted by Gasteiger charge is -2.28. The maximum atomic E-state index is 5.90. The molecule has 0 aromatic heterocycles. The lowest BCUT2D eigenvalue weighted by atomic mass is 9.98. The molecule has 1 aliphatic heterocycles. The van der Waals surface area contributed by atoms with Gasteiger partial charge < -0.3 is 15.4 Å². The second-order valence-electron chi connectivity index (χ2n) is 5.42. The molecule has 18 heavy (non-hydrogen) atoms. The number of nitrogens with zero attached hydrogens (tertiary/aromatic N) is 1. The molecule has 0 saturated carbocycles. The Bertz CT molecular complexity index is 371. The third-order valence-corrected chi connectivity index (χ3v) is 3.71. The van der Waals surface area contributed by atoms with Gasteiger partial charge in [0.25, 0.3) is 0 Å². The fraction of sp³-hybridized carbons (Fsp3) is 0.600. The molecule has 1 heterocycles. The van der Waals surface area contributed by atoms with E-state index in [1.807, 2.05) is 25.1 Å². The number of ether oxygens (including phenoxy) is 1. The van der Waals surface area contributed by atoms with Crippen molar-refractivity contribution in [1.82, 2.24) is 4.90 Å². The molecule has 2 N–H and O–H groups in total. The Balaban J connectivity index is 1.84. The van der Waals surface area contributed by atoms with E-state index < -0.39 is 0 Å². The predicted octanol–water partition coefficient (Wildman–Crippen LogP) is 2.43. The highest BCUT2D eigenvalue weighted by Gasteiger charge is 2.17. The summed E-state index contributed by atoms with van der Waals surface area (Å²) in [6.07, 6.45) is 2.48. The largest absolute Gasteiger partial charge is 0.493 e. The van der Waals surface area contributed by atoms with Gasteiger partial charge in [0, 0.05) is 6.04 Å². The molecule has 0 spiro atoms. The summed E-state index contributed by atoms with van der Waals surface area (Å²) >= 11 is 0. The molecule has 100 valence electrons. The molecule has 1 fully saturated rings. The molecule has 3 heteroatoms. The van der Waals surface area contributed by atoms with Crippen LogP contribution in [0.1, 0.15) is 31.4 Å². The van der Waals surface area contributed by atoms with Crippen molar-refractivity contribution in [2.75, 3.05) is 26.7 Å². The fourth-order valence-electron chi connectivity index (χ4n) is 2.33. The average molecular weight is 248 g/mol. The van der Waals surface area contributed by atoms with Gasteiger partial charge in [-0.2, -0.15) is 0 Å². The summed E-state index contributed by atoms with van der Waals surface area (Å²) in [5.74, 6) is 1.64. The summed E-state index contributed by atoms with van der Waals surface area (Å²) in [5.41, 5.74) is 7.01. The van der Waals surface area contributed by atoms with Crippen molar-refractivity contribution in [2.45, 2.75) is 25.8 Å². The van der Waals surface area contributed by atoms with Gasteiger partial charge in [-0.1, -0.05) is 12.1 Å². The topological polar surface area (TPSA) is 38.5 Å². The highest BCUT2D eigenvalue weighted by Crippen LogP contribution is 2.21. The Morgan fingerprint density at radius 1 is 1.39 bits per heavy atom. The number of hydrogen-bond donors (Lipinski definition) is 1. The van der Waals surface area contributed by atoms with Crippen molar-refractivity contribution in [1.29, 1.82) is 0 Å². The second kappa shape index (κ2) is 6.21. The number of likely N-dealkylation sites (tertiary alicyclic amines) is 1. The van der Waals surface area contributed by atoms with Crippen molar-refractivity contribution in [3.63, 3.8) is 0 Å². The van der Waals surface area contributed by atoms with Gasteiger partial charge in [-0.3, -0.25) is 0 Å². The molecule has 1 unspecified atom stereocenters. The molecule has 0 aliphatic carbocycles. The normalized spacial score (nSPS) is 19.7. The highest BCUT2D eigenvalue weighted by molar-refractivity contribution is 5.30. The van der Waals surface area contributed by atoms with Crippen molar-refractivity contribution in [3.05, 3.63) is 29.8 Å². The summed E-state index contributed by atoms with van der Waals surface area (Å²) < 4.78 is 5.90. The van der Waals surface area contributed by atoms with Gasteiger partial charge in [-0.05, 0) is 63.5 Å². The molecule has 1 aromatic carbocycles. The lowest BCUT2D eigenvalue weighted by Crippen LogP contribution is -2.32. The monoisotopic (exact) mass is 248 g/mol. The van der Waals surface area contributed by atoms with Crippen LogP contribution in [0.4, 0.5) is 0 Å². The Morgan fingerprint density at radius 3 is 2.78 bits per heavy atom. The Morgan fingerprint density at radius 2 is 2.11 bits per heavy atom. The van der Waals surface area contributed by atoms with Crippen molar-refractivity contribution in [3.8, 4) is 5.75 Å². The molecular formula is C15H24N2O. The van der Waals surface area contributed by atoms with E-state index in [1.165, 1.54) is 25.9 Å². The lowest BCUT2D eigenvalue weighted by molar-refractivity contribution is 0.160. The molecule has 3 nitrogen and oxygen atoms in total. The third-order valence-electron chi connectivity index (χ3n) is 3.71. The minimum Gasteiger partial charge on any atom is -0.493 e. The highest BCUT2D eigenvalue weighted by atomic mass is 16.5. The average Bonchev–Trinajstić information content (AvgIpc) is 2.38. The van der Waals surface area contributed by atoms with E-state index in [9.17, 15) is 0 Å². The fourth-order valence-corrected chi connectivity index (χ4v) is 2.33. The maximum absolute atomic E-state index is 5.90. The summed E-state index contributed by atoms with van der Waals surface area (Å²) in [6.45, 7) is 5.20. The van der Waals surface area contributed by atoms with Gasteiger partial charge in [0.15, 0.2) is 0 Å². The van der Waals surface area contributed by atoms with Crippen LogP contribution in [0.2, 0.25) is 0 Å². The van der Waals surface area contributed by atoms with Crippen LogP contribution in [-0.4, -0.2) is 31.6 Å². The van der Waals surface area contributed by atoms with Crippen LogP contribution in [0.15, 0.2) is 24.3 Å². The Hall–Kier alpha value is -1.06. The first-order valence-corrected chi connectivity index (χ1v) is 6.82. The summed E-state index contributed by atoms with van der Waals surface area (Å²) in [7, 11) is 2.18. The van der Waals surface area contributed by atoms with E-state index in [0.717, 1.165) is 17.9 Å². The first-order valence-electron chi connectivity index (χ1n) is 6.82. The molecule has 1 aliphatic rings. The van der Waals surface area contributed by atoms with Gasteiger partial charge in [0.05, 0.1) is 6.61 Å². The first-order chi connectivity index (χ1) is 8.65. The minimum absolute atomic E-state index is 0.0666. The van der Waals surface area contributed by atoms with Crippen molar-refractivity contribution in [2.24, 2.45) is 11.7 Å². The van der Waals surface area contributed by atoms with Crippen LogP contribution in [0.3, 0.4) is 0 Å². The van der Waals surface area contributed by atoms with Crippen molar-refractivity contribution >= 4 is 0 Å². The zero-order valence-electron chi connectivity index (χ0n) is 11.4. The zero-order chi connectivity index (χ0) is 13.0. The van der Waals surface area contributed by atoms with Crippen LogP contribution in [-0.2, 0) is 0 Å². The predicted molar refractivity (Wildman–Crippen MR) is 74.8 cm³/mol.